The highest BCUT2D eigenvalue weighted by Crippen LogP contribution is 2.34. The van der Waals surface area contributed by atoms with Gasteiger partial charge in [0.05, 0.1) is 15.2 Å². The second-order valence-electron chi connectivity index (χ2n) is 19.6. The van der Waals surface area contributed by atoms with E-state index in [0.29, 0.717) is 38.3 Å². The molecule has 10 nitrogen and oxygen atoms in total. The molecule has 0 bridgehead atoms. The first-order chi connectivity index (χ1) is 34.3. The molecule has 0 aliphatic carbocycles. The number of rotatable bonds is 45. The molecule has 2 heterocycles. The zero-order chi connectivity index (χ0) is 50.1. The van der Waals surface area contributed by atoms with Crippen LogP contribution in [-0.4, -0.2) is 90.6 Å². The minimum Gasteiger partial charge on any atom is -0.461 e. The van der Waals surface area contributed by atoms with Crippen molar-refractivity contribution in [2.45, 2.75) is 220 Å². The van der Waals surface area contributed by atoms with Crippen LogP contribution in [0.1, 0.15) is 218 Å². The molecule has 0 radical (unpaired) electrons. The number of fused-ring (bicyclic) bond motifs is 3. The van der Waals surface area contributed by atoms with E-state index in [-0.39, 0.29) is 17.8 Å². The van der Waals surface area contributed by atoms with Gasteiger partial charge in [-0.25, -0.2) is 9.97 Å². The Bertz CT molecular complexity index is 1830. The van der Waals surface area contributed by atoms with Crippen molar-refractivity contribution in [3.05, 3.63) is 53.6 Å². The molecule has 0 unspecified atom stereocenters. The van der Waals surface area contributed by atoms with E-state index in [0.717, 1.165) is 136 Å². The minimum absolute atomic E-state index is 0.0102. The number of para-hydroxylation sites is 1. The number of carbonyl (C=O) groups excluding carboxylic acids is 3. The van der Waals surface area contributed by atoms with Crippen LogP contribution >= 0.6 is 11.3 Å². The number of hydrogen-bond donors (Lipinski definition) is 1. The van der Waals surface area contributed by atoms with Crippen molar-refractivity contribution in [3.8, 4) is 0 Å². The Hall–Kier alpha value is -3.67. The van der Waals surface area contributed by atoms with E-state index in [1.54, 1.807) is 11.3 Å². The fraction of sp³-hybridized carbons (Fsp3) is 0.712. The van der Waals surface area contributed by atoms with Gasteiger partial charge >= 0.3 is 11.9 Å². The summed E-state index contributed by atoms with van der Waals surface area (Å²) in [5.41, 5.74) is 1.70. The molecule has 0 fully saturated rings. The van der Waals surface area contributed by atoms with E-state index in [2.05, 4.69) is 61.2 Å². The summed E-state index contributed by atoms with van der Waals surface area (Å²) in [5, 5.41) is 5.29. The monoisotopic (exact) mass is 988 g/mol. The number of unbranched alkanes of at least 4 members (excludes halogenated alkanes) is 20. The molecule has 0 atom stereocenters. The molecule has 0 saturated carbocycles. The second kappa shape index (κ2) is 40.9. The number of benzene rings is 1. The van der Waals surface area contributed by atoms with Crippen LogP contribution in [0.25, 0.3) is 21.1 Å². The fourth-order valence-electron chi connectivity index (χ4n) is 8.90. The second-order valence-corrected chi connectivity index (χ2v) is 20.7. The summed E-state index contributed by atoms with van der Waals surface area (Å²) in [6.07, 6.45) is 41.7. The molecular formula is C59H97N5O5S. The van der Waals surface area contributed by atoms with Gasteiger partial charge in [0.15, 0.2) is 5.82 Å². The normalized spacial score (nSPS) is 11.9. The lowest BCUT2D eigenvalue weighted by Crippen LogP contribution is -2.30. The quantitative estimate of drug-likeness (QED) is 0.0336. The van der Waals surface area contributed by atoms with Crippen molar-refractivity contribution in [2.24, 2.45) is 0 Å². The molecule has 70 heavy (non-hydrogen) atoms. The maximum absolute atomic E-state index is 13.1. The van der Waals surface area contributed by atoms with Gasteiger partial charge in [-0.3, -0.25) is 14.4 Å². The van der Waals surface area contributed by atoms with Crippen LogP contribution in [0.2, 0.25) is 0 Å². The lowest BCUT2D eigenvalue weighted by molar-refractivity contribution is -0.143. The van der Waals surface area contributed by atoms with E-state index in [9.17, 15) is 14.4 Å². The number of nitrogens with one attached hydrogen (secondary N) is 1. The van der Waals surface area contributed by atoms with Crippen molar-refractivity contribution in [1.29, 1.82) is 0 Å². The van der Waals surface area contributed by atoms with E-state index in [4.69, 9.17) is 19.4 Å². The van der Waals surface area contributed by atoms with Gasteiger partial charge in [-0.05, 0) is 129 Å². The van der Waals surface area contributed by atoms with Crippen molar-refractivity contribution in [1.82, 2.24) is 19.8 Å². The van der Waals surface area contributed by atoms with Gasteiger partial charge in [0.1, 0.15) is 18.7 Å². The molecule has 0 aliphatic heterocycles. The molecule has 0 aliphatic rings. The highest BCUT2D eigenvalue weighted by molar-refractivity contribution is 7.19. The van der Waals surface area contributed by atoms with E-state index < -0.39 is 0 Å². The van der Waals surface area contributed by atoms with E-state index in [1.807, 2.05) is 30.4 Å². The first kappa shape index (κ1) is 60.6. The van der Waals surface area contributed by atoms with Crippen LogP contribution in [0.15, 0.2) is 48.6 Å². The van der Waals surface area contributed by atoms with E-state index in [1.165, 1.54) is 103 Å². The van der Waals surface area contributed by atoms with Crippen molar-refractivity contribution in [2.75, 3.05) is 58.3 Å². The van der Waals surface area contributed by atoms with Crippen LogP contribution in [0.5, 0.6) is 0 Å². The van der Waals surface area contributed by atoms with Crippen LogP contribution in [-0.2, 0) is 30.3 Å². The van der Waals surface area contributed by atoms with Gasteiger partial charge in [0, 0.05) is 24.6 Å². The number of nitrogens with zero attached hydrogens (tertiary/aromatic N) is 4. The van der Waals surface area contributed by atoms with Crippen LogP contribution < -0.4 is 5.32 Å². The number of carbonyl (C=O) groups is 3. The Morgan fingerprint density at radius 2 is 1.06 bits per heavy atom. The lowest BCUT2D eigenvalue weighted by atomic mass is 10.1. The number of ether oxygens (including phenoxy) is 2. The minimum atomic E-state index is -0.0713. The molecule has 1 amide bonds. The summed E-state index contributed by atoms with van der Waals surface area (Å²) in [7, 11) is 2.23. The topological polar surface area (TPSA) is 114 Å². The lowest BCUT2D eigenvalue weighted by Gasteiger charge is -2.24. The Kier molecular flexibility index (Phi) is 35.4. The maximum atomic E-state index is 13.1. The number of esters is 2. The van der Waals surface area contributed by atoms with Crippen molar-refractivity contribution < 1.29 is 23.9 Å². The first-order valence-corrected chi connectivity index (χ1v) is 29.2. The molecule has 394 valence electrons. The number of allylic oxidation sites excluding steroid dienone is 2. The number of anilines is 1. The third-order valence-electron chi connectivity index (χ3n) is 13.1. The molecule has 0 saturated heterocycles. The van der Waals surface area contributed by atoms with Crippen LogP contribution in [0.4, 0.5) is 5.82 Å². The molecule has 1 N–H and O–H groups in total. The number of aryl methyl sites for hydroxylation is 1. The number of hydrogen-bond acceptors (Lipinski definition) is 10. The number of thiazole rings is 1. The predicted octanol–water partition coefficient (Wildman–Crippen LogP) is 15.5. The average Bonchev–Trinajstić information content (AvgIpc) is 3.79. The number of aromatic nitrogens is 2. The fourth-order valence-corrected chi connectivity index (χ4v) is 10.1. The first-order valence-electron chi connectivity index (χ1n) is 28.3. The number of amides is 1. The van der Waals surface area contributed by atoms with Gasteiger partial charge in [-0.15, -0.1) is 11.3 Å². The highest BCUT2D eigenvalue weighted by atomic mass is 32.1. The molecule has 3 rings (SSSR count). The van der Waals surface area contributed by atoms with Gasteiger partial charge in [-0.2, -0.15) is 0 Å². The standard InChI is InChI=1S/C59H97N5O5S/c1-5-8-10-12-18-24-35-49-68-55(66)42-28-20-14-16-22-33-46-64(47-34-23-17-15-21-29-43-56(67)69-50-36-25-19-13-11-9-6-2)48-37-45-63(4)44-32-26-27-41-53(65)61-59-57-58(70-54(62-57)38-7-3)51-39-30-31-40-52(51)60-59/h24-25,30-31,35-36,39-40H,5-23,26-29,32-34,37-38,41-50H2,1-4H3,(H,60,61,65)/b35-24+,36-25+. The molecule has 2 aromatic heterocycles. The largest absolute Gasteiger partial charge is 0.461 e. The summed E-state index contributed by atoms with van der Waals surface area (Å²) in [5.74, 6) is 0.453. The highest BCUT2D eigenvalue weighted by Gasteiger charge is 2.16. The summed E-state index contributed by atoms with van der Waals surface area (Å²) < 4.78 is 11.9. The Balaban J connectivity index is 1.30. The molecule has 3 aromatic rings. The number of pyridine rings is 1. The third-order valence-corrected chi connectivity index (χ3v) is 14.3. The van der Waals surface area contributed by atoms with Gasteiger partial charge in [0.2, 0.25) is 5.91 Å². The molecular weight excluding hydrogens is 891 g/mol. The zero-order valence-corrected chi connectivity index (χ0v) is 45.5. The predicted molar refractivity (Wildman–Crippen MR) is 297 cm³/mol. The maximum Gasteiger partial charge on any atom is 0.306 e. The summed E-state index contributed by atoms with van der Waals surface area (Å²) in [4.78, 5) is 52.2. The van der Waals surface area contributed by atoms with Crippen LogP contribution in [0, 0.1) is 0 Å². The van der Waals surface area contributed by atoms with Crippen molar-refractivity contribution in [3.63, 3.8) is 0 Å². The van der Waals surface area contributed by atoms with Crippen molar-refractivity contribution >= 4 is 56.1 Å². The van der Waals surface area contributed by atoms with Gasteiger partial charge < -0.3 is 24.6 Å². The Morgan fingerprint density at radius 1 is 0.557 bits per heavy atom. The summed E-state index contributed by atoms with van der Waals surface area (Å²) >= 11 is 1.71. The zero-order valence-electron chi connectivity index (χ0n) is 44.7. The van der Waals surface area contributed by atoms with Crippen LogP contribution in [0.3, 0.4) is 0 Å². The molecule has 1 aromatic carbocycles. The van der Waals surface area contributed by atoms with E-state index >= 15 is 0 Å². The average molecular weight is 989 g/mol. The van der Waals surface area contributed by atoms with Gasteiger partial charge in [0.25, 0.3) is 0 Å². The molecule has 0 spiro atoms. The third kappa shape index (κ3) is 29.0. The SMILES string of the molecule is CCCCCC/C=C/COC(=O)CCCCCCCCN(CCCCCCCCC(=O)OC/C=C/CCCCCC)CCCN(C)CCCCCC(=O)Nc1nc2ccccc2c2sc(CCC)nc12. The smallest absolute Gasteiger partial charge is 0.306 e. The summed E-state index contributed by atoms with van der Waals surface area (Å²) in [6, 6.07) is 8.12. The molecule has 11 heteroatoms. The summed E-state index contributed by atoms with van der Waals surface area (Å²) in [6.45, 7) is 12.9. The Morgan fingerprint density at radius 3 is 1.66 bits per heavy atom. The Labute approximate surface area is 429 Å². The van der Waals surface area contributed by atoms with Gasteiger partial charge in [-0.1, -0.05) is 160 Å².